The van der Waals surface area contributed by atoms with Gasteiger partial charge < -0.3 is 20.1 Å². The summed E-state index contributed by atoms with van der Waals surface area (Å²) in [5.74, 6) is 0.472. The molecule has 1 heterocycles. The number of methoxy groups -OCH3 is 1. The average Bonchev–Trinajstić information content (AvgIpc) is 2.79. The van der Waals surface area contributed by atoms with E-state index in [1.807, 2.05) is 42.5 Å². The van der Waals surface area contributed by atoms with Gasteiger partial charge in [-0.1, -0.05) is 48.0 Å². The predicted octanol–water partition coefficient (Wildman–Crippen LogP) is 3.69. The van der Waals surface area contributed by atoms with Gasteiger partial charge in [0.1, 0.15) is 11.9 Å². The fourth-order valence-electron chi connectivity index (χ4n) is 4.12. The molecule has 3 atom stereocenters. The van der Waals surface area contributed by atoms with Crippen molar-refractivity contribution in [3.63, 3.8) is 0 Å². The second-order valence-corrected chi connectivity index (χ2v) is 8.21. The minimum atomic E-state index is -0.274. The van der Waals surface area contributed by atoms with Crippen molar-refractivity contribution in [3.05, 3.63) is 70.4 Å². The summed E-state index contributed by atoms with van der Waals surface area (Å²) in [6.45, 7) is 0.387. The Morgan fingerprint density at radius 2 is 2.00 bits per heavy atom. The lowest BCUT2D eigenvalue weighted by molar-refractivity contribution is -0.134. The second-order valence-electron chi connectivity index (χ2n) is 7.81. The van der Waals surface area contributed by atoms with E-state index in [4.69, 9.17) is 21.1 Å². The van der Waals surface area contributed by atoms with Gasteiger partial charge in [-0.15, -0.1) is 0 Å². The first-order chi connectivity index (χ1) is 15.0. The van der Waals surface area contributed by atoms with Gasteiger partial charge in [0, 0.05) is 23.0 Å². The maximum absolute atomic E-state index is 12.7. The number of hydrogen-bond donors (Lipinski definition) is 2. The number of carbonyl (C=O) groups is 2. The molecule has 7 heteroatoms. The Labute approximate surface area is 186 Å². The van der Waals surface area contributed by atoms with Crippen molar-refractivity contribution in [1.82, 2.24) is 10.6 Å². The molecular formula is C24H25ClN2O4. The maximum Gasteiger partial charge on any atom is 0.286 e. The van der Waals surface area contributed by atoms with Crippen LogP contribution in [0.4, 0.5) is 0 Å². The third-order valence-electron chi connectivity index (χ3n) is 5.81. The van der Waals surface area contributed by atoms with Gasteiger partial charge in [-0.25, -0.2) is 0 Å². The SMILES string of the molecule is COc1ccccc1/C=C1\OC2CCC(C(=O)NCc3ccccc3Cl)CC2NC1=O. The average molecular weight is 441 g/mol. The Kier molecular flexibility index (Phi) is 6.47. The van der Waals surface area contributed by atoms with Crippen molar-refractivity contribution < 1.29 is 19.1 Å². The summed E-state index contributed by atoms with van der Waals surface area (Å²) in [5, 5.41) is 6.62. The third-order valence-corrected chi connectivity index (χ3v) is 6.18. The van der Waals surface area contributed by atoms with Crippen LogP contribution in [0, 0.1) is 5.92 Å². The molecule has 6 nitrogen and oxygen atoms in total. The number of halogens is 1. The van der Waals surface area contributed by atoms with Crippen molar-refractivity contribution >= 4 is 29.5 Å². The number of morpholine rings is 1. The molecule has 0 bridgehead atoms. The Hall–Kier alpha value is -2.99. The van der Waals surface area contributed by atoms with Crippen molar-refractivity contribution in [3.8, 4) is 5.75 Å². The highest BCUT2D eigenvalue weighted by atomic mass is 35.5. The summed E-state index contributed by atoms with van der Waals surface area (Å²) in [7, 11) is 1.59. The number of benzene rings is 2. The van der Waals surface area contributed by atoms with E-state index in [9.17, 15) is 9.59 Å². The molecule has 2 amide bonds. The van der Waals surface area contributed by atoms with Crippen molar-refractivity contribution in [2.45, 2.75) is 38.0 Å². The van der Waals surface area contributed by atoms with E-state index in [0.717, 1.165) is 11.1 Å². The highest BCUT2D eigenvalue weighted by Crippen LogP contribution is 2.32. The molecule has 2 fully saturated rings. The zero-order chi connectivity index (χ0) is 21.8. The summed E-state index contributed by atoms with van der Waals surface area (Å²) in [4.78, 5) is 25.3. The molecular weight excluding hydrogens is 416 g/mol. The molecule has 4 rings (SSSR count). The number of nitrogens with one attached hydrogen (secondary N) is 2. The number of amides is 2. The Morgan fingerprint density at radius 1 is 1.23 bits per heavy atom. The van der Waals surface area contributed by atoms with Gasteiger partial charge in [0.2, 0.25) is 5.91 Å². The molecule has 2 N–H and O–H groups in total. The fraction of sp³-hybridized carbons (Fsp3) is 0.333. The van der Waals surface area contributed by atoms with Gasteiger partial charge in [-0.2, -0.15) is 0 Å². The summed E-state index contributed by atoms with van der Waals surface area (Å²) in [6.07, 6.45) is 3.50. The largest absolute Gasteiger partial charge is 0.496 e. The van der Waals surface area contributed by atoms with Crippen LogP contribution in [0.3, 0.4) is 0 Å². The maximum atomic E-state index is 12.7. The molecule has 1 aliphatic heterocycles. The lowest BCUT2D eigenvalue weighted by Crippen LogP contribution is -2.54. The predicted molar refractivity (Wildman–Crippen MR) is 118 cm³/mol. The summed E-state index contributed by atoms with van der Waals surface area (Å²) >= 11 is 6.16. The van der Waals surface area contributed by atoms with Crippen LogP contribution in [0.15, 0.2) is 54.3 Å². The molecule has 162 valence electrons. The van der Waals surface area contributed by atoms with Crippen LogP contribution in [-0.2, 0) is 20.9 Å². The van der Waals surface area contributed by atoms with E-state index < -0.39 is 0 Å². The first-order valence-electron chi connectivity index (χ1n) is 10.4. The van der Waals surface area contributed by atoms with E-state index in [1.54, 1.807) is 19.3 Å². The highest BCUT2D eigenvalue weighted by molar-refractivity contribution is 6.31. The van der Waals surface area contributed by atoms with Crippen LogP contribution in [0.5, 0.6) is 5.75 Å². The lowest BCUT2D eigenvalue weighted by atomic mass is 9.82. The van der Waals surface area contributed by atoms with Crippen molar-refractivity contribution in [2.24, 2.45) is 5.92 Å². The quantitative estimate of drug-likeness (QED) is 0.695. The molecule has 1 saturated heterocycles. The zero-order valence-corrected chi connectivity index (χ0v) is 18.0. The zero-order valence-electron chi connectivity index (χ0n) is 17.3. The number of para-hydroxylation sites is 1. The first-order valence-corrected chi connectivity index (χ1v) is 10.8. The fourth-order valence-corrected chi connectivity index (χ4v) is 4.33. The number of carbonyl (C=O) groups excluding carboxylic acids is 2. The molecule has 0 radical (unpaired) electrons. The number of fused-ring (bicyclic) bond motifs is 1. The van der Waals surface area contributed by atoms with Crippen LogP contribution < -0.4 is 15.4 Å². The smallest absolute Gasteiger partial charge is 0.286 e. The number of hydrogen-bond acceptors (Lipinski definition) is 4. The molecule has 0 spiro atoms. The topological polar surface area (TPSA) is 76.7 Å². The second kappa shape index (κ2) is 9.43. The van der Waals surface area contributed by atoms with Crippen molar-refractivity contribution in [1.29, 1.82) is 0 Å². The number of ether oxygens (including phenoxy) is 2. The Morgan fingerprint density at radius 3 is 2.81 bits per heavy atom. The monoisotopic (exact) mass is 440 g/mol. The molecule has 1 aliphatic carbocycles. The van der Waals surface area contributed by atoms with Gasteiger partial charge in [-0.05, 0) is 43.0 Å². The Balaban J connectivity index is 1.37. The van der Waals surface area contributed by atoms with Gasteiger partial charge >= 0.3 is 0 Å². The normalized spacial score (nSPS) is 24.0. The van der Waals surface area contributed by atoms with E-state index in [-0.39, 0.29) is 35.6 Å². The minimum absolute atomic E-state index is 0.0250. The summed E-state index contributed by atoms with van der Waals surface area (Å²) < 4.78 is 11.4. The van der Waals surface area contributed by atoms with E-state index in [2.05, 4.69) is 10.6 Å². The van der Waals surface area contributed by atoms with Gasteiger partial charge in [-0.3, -0.25) is 9.59 Å². The molecule has 0 aromatic heterocycles. The van der Waals surface area contributed by atoms with Crippen LogP contribution >= 0.6 is 11.6 Å². The first kappa shape index (κ1) is 21.2. The molecule has 3 unspecified atom stereocenters. The third kappa shape index (κ3) is 4.85. The van der Waals surface area contributed by atoms with Crippen LogP contribution in [0.25, 0.3) is 6.08 Å². The van der Waals surface area contributed by atoms with Gasteiger partial charge in [0.15, 0.2) is 5.76 Å². The van der Waals surface area contributed by atoms with Crippen molar-refractivity contribution in [2.75, 3.05) is 7.11 Å². The van der Waals surface area contributed by atoms with Crippen LogP contribution in [0.1, 0.15) is 30.4 Å². The van der Waals surface area contributed by atoms with Crippen LogP contribution in [-0.4, -0.2) is 31.1 Å². The van der Waals surface area contributed by atoms with E-state index in [0.29, 0.717) is 36.6 Å². The Bertz CT molecular complexity index is 1010. The minimum Gasteiger partial charge on any atom is -0.496 e. The summed E-state index contributed by atoms with van der Waals surface area (Å²) in [5.41, 5.74) is 1.66. The standard InChI is InChI=1S/C24H25ClN2O4/c1-30-20-9-5-3-6-15(20)13-22-24(29)27-19-12-16(10-11-21(19)31-22)23(28)26-14-17-7-2-4-8-18(17)25/h2-9,13,16,19,21H,10-12,14H2,1H3,(H,26,28)(H,27,29)/b22-13-. The van der Waals surface area contributed by atoms with E-state index >= 15 is 0 Å². The number of rotatable bonds is 5. The van der Waals surface area contributed by atoms with Crippen LogP contribution in [0.2, 0.25) is 5.02 Å². The van der Waals surface area contributed by atoms with Gasteiger partial charge in [0.25, 0.3) is 5.91 Å². The van der Waals surface area contributed by atoms with Gasteiger partial charge in [0.05, 0.1) is 13.2 Å². The molecule has 2 aliphatic rings. The lowest BCUT2D eigenvalue weighted by Gasteiger charge is -2.39. The molecule has 2 aromatic rings. The molecule has 31 heavy (non-hydrogen) atoms. The molecule has 2 aromatic carbocycles. The van der Waals surface area contributed by atoms with E-state index in [1.165, 1.54) is 0 Å². The highest BCUT2D eigenvalue weighted by Gasteiger charge is 2.40. The summed E-state index contributed by atoms with van der Waals surface area (Å²) in [6, 6.07) is 14.7. The molecule has 1 saturated carbocycles.